The van der Waals surface area contributed by atoms with Gasteiger partial charge in [-0.2, -0.15) is 5.26 Å². The quantitative estimate of drug-likeness (QED) is 0.801. The fourth-order valence-electron chi connectivity index (χ4n) is 1.71. The van der Waals surface area contributed by atoms with Gasteiger partial charge < -0.3 is 11.1 Å². The minimum atomic E-state index is 0.504. The average Bonchev–Trinajstić information content (AvgIpc) is 2.42. The summed E-state index contributed by atoms with van der Waals surface area (Å²) >= 11 is 0. The summed E-state index contributed by atoms with van der Waals surface area (Å²) in [5.41, 5.74) is 8.91. The van der Waals surface area contributed by atoms with Gasteiger partial charge in [0.05, 0.1) is 16.9 Å². The highest BCUT2D eigenvalue weighted by Gasteiger charge is 2.03. The first-order valence-corrected chi connectivity index (χ1v) is 5.72. The Morgan fingerprint density at radius 2 is 2.00 bits per heavy atom. The van der Waals surface area contributed by atoms with Gasteiger partial charge in [-0.05, 0) is 36.2 Å². The lowest BCUT2D eigenvalue weighted by Gasteiger charge is -2.10. The number of rotatable bonds is 4. The fraction of sp³-hybridized carbons (Fsp3) is 0.143. The summed E-state index contributed by atoms with van der Waals surface area (Å²) in [7, 11) is 0. The Kier molecular flexibility index (Phi) is 3.77. The molecule has 0 radical (unpaired) electrons. The standard InChI is InChI=1S/C14H14N4/c15-10-12-2-1-3-13(14(12)16)18-9-6-11-4-7-17-8-5-11/h1-5,7-8,18H,6,9,16H2. The molecular formula is C14H14N4. The Morgan fingerprint density at radius 3 is 2.72 bits per heavy atom. The molecule has 0 bridgehead atoms. The van der Waals surface area contributed by atoms with Gasteiger partial charge in [0.2, 0.25) is 0 Å². The van der Waals surface area contributed by atoms with Crippen LogP contribution in [0.2, 0.25) is 0 Å². The number of benzene rings is 1. The maximum atomic E-state index is 8.88. The maximum Gasteiger partial charge on any atom is 0.101 e. The molecule has 0 amide bonds. The second-order valence-corrected chi connectivity index (χ2v) is 3.91. The van der Waals surface area contributed by atoms with E-state index in [9.17, 15) is 0 Å². The molecule has 2 aromatic rings. The molecule has 18 heavy (non-hydrogen) atoms. The van der Waals surface area contributed by atoms with E-state index in [1.54, 1.807) is 18.5 Å². The van der Waals surface area contributed by atoms with E-state index in [1.807, 2.05) is 24.3 Å². The molecular weight excluding hydrogens is 224 g/mol. The van der Waals surface area contributed by atoms with Crippen LogP contribution in [0.3, 0.4) is 0 Å². The van der Waals surface area contributed by atoms with Crippen molar-refractivity contribution < 1.29 is 0 Å². The van der Waals surface area contributed by atoms with Crippen molar-refractivity contribution in [2.45, 2.75) is 6.42 Å². The lowest BCUT2D eigenvalue weighted by Crippen LogP contribution is -2.07. The second kappa shape index (κ2) is 5.69. The molecule has 0 atom stereocenters. The van der Waals surface area contributed by atoms with Crippen LogP contribution in [0, 0.1) is 11.3 Å². The highest BCUT2D eigenvalue weighted by Crippen LogP contribution is 2.21. The average molecular weight is 238 g/mol. The molecule has 0 spiro atoms. The molecule has 0 saturated heterocycles. The predicted molar refractivity (Wildman–Crippen MR) is 72.0 cm³/mol. The van der Waals surface area contributed by atoms with E-state index < -0.39 is 0 Å². The molecule has 0 aliphatic carbocycles. The van der Waals surface area contributed by atoms with Gasteiger partial charge in [-0.25, -0.2) is 0 Å². The highest BCUT2D eigenvalue weighted by atomic mass is 14.9. The molecule has 90 valence electrons. The van der Waals surface area contributed by atoms with Crippen LogP contribution in [0.1, 0.15) is 11.1 Å². The van der Waals surface area contributed by atoms with E-state index in [2.05, 4.69) is 16.4 Å². The molecule has 0 fully saturated rings. The van der Waals surface area contributed by atoms with Crippen LogP contribution in [0.25, 0.3) is 0 Å². The van der Waals surface area contributed by atoms with Crippen LogP contribution < -0.4 is 11.1 Å². The number of nitriles is 1. The first kappa shape index (κ1) is 11.9. The number of nitrogens with two attached hydrogens (primary N) is 1. The molecule has 2 rings (SSSR count). The third kappa shape index (κ3) is 2.77. The first-order chi connectivity index (χ1) is 8.81. The van der Waals surface area contributed by atoms with Crippen molar-refractivity contribution in [3.63, 3.8) is 0 Å². The van der Waals surface area contributed by atoms with Gasteiger partial charge >= 0.3 is 0 Å². The van der Waals surface area contributed by atoms with E-state index in [4.69, 9.17) is 11.0 Å². The van der Waals surface area contributed by atoms with Crippen molar-refractivity contribution >= 4 is 11.4 Å². The highest BCUT2D eigenvalue weighted by molar-refractivity contribution is 5.72. The van der Waals surface area contributed by atoms with Crippen molar-refractivity contribution in [3.05, 3.63) is 53.9 Å². The monoisotopic (exact) mass is 238 g/mol. The number of aromatic nitrogens is 1. The summed E-state index contributed by atoms with van der Waals surface area (Å²) in [6.45, 7) is 0.767. The van der Waals surface area contributed by atoms with Crippen LogP contribution in [-0.4, -0.2) is 11.5 Å². The minimum absolute atomic E-state index is 0.504. The number of anilines is 2. The molecule has 3 N–H and O–H groups in total. The fourth-order valence-corrected chi connectivity index (χ4v) is 1.71. The first-order valence-electron chi connectivity index (χ1n) is 5.72. The maximum absolute atomic E-state index is 8.88. The molecule has 0 saturated carbocycles. The van der Waals surface area contributed by atoms with Crippen LogP contribution in [0.4, 0.5) is 11.4 Å². The normalized spacial score (nSPS) is 9.72. The zero-order valence-electron chi connectivity index (χ0n) is 9.93. The predicted octanol–water partition coefficient (Wildman–Crippen LogP) is 2.19. The molecule has 1 aromatic heterocycles. The van der Waals surface area contributed by atoms with Crippen LogP contribution >= 0.6 is 0 Å². The summed E-state index contributed by atoms with van der Waals surface area (Å²) < 4.78 is 0. The third-order valence-corrected chi connectivity index (χ3v) is 2.71. The number of nitrogens with zero attached hydrogens (tertiary/aromatic N) is 2. The van der Waals surface area contributed by atoms with Gasteiger partial charge in [0.1, 0.15) is 6.07 Å². The SMILES string of the molecule is N#Cc1cccc(NCCc2ccncc2)c1N. The molecule has 1 heterocycles. The van der Waals surface area contributed by atoms with E-state index in [1.165, 1.54) is 5.56 Å². The van der Waals surface area contributed by atoms with Gasteiger partial charge in [0.25, 0.3) is 0 Å². The van der Waals surface area contributed by atoms with Gasteiger partial charge in [-0.15, -0.1) is 0 Å². The van der Waals surface area contributed by atoms with Crippen LogP contribution in [-0.2, 0) is 6.42 Å². The minimum Gasteiger partial charge on any atom is -0.396 e. The van der Waals surface area contributed by atoms with Gasteiger partial charge in [-0.3, -0.25) is 4.98 Å². The molecule has 0 aliphatic heterocycles. The van der Waals surface area contributed by atoms with Crippen molar-refractivity contribution in [2.75, 3.05) is 17.6 Å². The molecule has 4 nitrogen and oxygen atoms in total. The second-order valence-electron chi connectivity index (χ2n) is 3.91. The zero-order valence-corrected chi connectivity index (χ0v) is 9.93. The number of nitrogen functional groups attached to an aromatic ring is 1. The van der Waals surface area contributed by atoms with Crippen molar-refractivity contribution in [1.82, 2.24) is 4.98 Å². The Balaban J connectivity index is 1.97. The number of hydrogen-bond donors (Lipinski definition) is 2. The number of hydrogen-bond acceptors (Lipinski definition) is 4. The van der Waals surface area contributed by atoms with Crippen molar-refractivity contribution in [2.24, 2.45) is 0 Å². The summed E-state index contributed by atoms with van der Waals surface area (Å²) in [5, 5.41) is 12.1. The largest absolute Gasteiger partial charge is 0.396 e. The van der Waals surface area contributed by atoms with Crippen molar-refractivity contribution in [3.8, 4) is 6.07 Å². The molecule has 4 heteroatoms. The lowest BCUT2D eigenvalue weighted by molar-refractivity contribution is 1.01. The molecule has 0 aliphatic rings. The third-order valence-electron chi connectivity index (χ3n) is 2.71. The molecule has 1 aromatic carbocycles. The summed E-state index contributed by atoms with van der Waals surface area (Å²) in [4.78, 5) is 3.97. The Labute approximate surface area is 106 Å². The lowest BCUT2D eigenvalue weighted by atomic mass is 10.1. The van der Waals surface area contributed by atoms with E-state index in [-0.39, 0.29) is 0 Å². The van der Waals surface area contributed by atoms with Crippen LogP contribution in [0.5, 0.6) is 0 Å². The molecule has 0 unspecified atom stereocenters. The summed E-state index contributed by atoms with van der Waals surface area (Å²) in [6, 6.07) is 11.4. The topological polar surface area (TPSA) is 74.7 Å². The Bertz CT molecular complexity index is 558. The Morgan fingerprint density at radius 1 is 1.22 bits per heavy atom. The smallest absolute Gasteiger partial charge is 0.101 e. The van der Waals surface area contributed by atoms with E-state index in [0.717, 1.165) is 18.7 Å². The van der Waals surface area contributed by atoms with Crippen LogP contribution in [0.15, 0.2) is 42.7 Å². The summed E-state index contributed by atoms with van der Waals surface area (Å²) in [5.74, 6) is 0. The van der Waals surface area contributed by atoms with Gasteiger partial charge in [0, 0.05) is 18.9 Å². The van der Waals surface area contributed by atoms with E-state index in [0.29, 0.717) is 11.3 Å². The number of nitrogens with one attached hydrogen (secondary N) is 1. The van der Waals surface area contributed by atoms with Crippen molar-refractivity contribution in [1.29, 1.82) is 5.26 Å². The van der Waals surface area contributed by atoms with Gasteiger partial charge in [0.15, 0.2) is 0 Å². The van der Waals surface area contributed by atoms with E-state index >= 15 is 0 Å². The number of para-hydroxylation sites is 1. The van der Waals surface area contributed by atoms with Gasteiger partial charge in [-0.1, -0.05) is 6.07 Å². The number of pyridine rings is 1. The zero-order chi connectivity index (χ0) is 12.8. The summed E-state index contributed by atoms with van der Waals surface area (Å²) in [6.07, 6.45) is 4.44. The Hall–Kier alpha value is -2.54.